The van der Waals surface area contributed by atoms with Gasteiger partial charge >= 0.3 is 0 Å². The summed E-state index contributed by atoms with van der Waals surface area (Å²) in [6, 6.07) is 3.49. The van der Waals surface area contributed by atoms with Gasteiger partial charge in [0.15, 0.2) is 11.9 Å². The highest BCUT2D eigenvalue weighted by Crippen LogP contribution is 2.26. The lowest BCUT2D eigenvalue weighted by Crippen LogP contribution is -2.50. The van der Waals surface area contributed by atoms with Crippen LogP contribution in [0.5, 0.6) is 0 Å². The number of piperidine rings is 1. The zero-order valence-corrected chi connectivity index (χ0v) is 12.1. The van der Waals surface area contributed by atoms with Gasteiger partial charge in [0.25, 0.3) is 5.91 Å². The Kier molecular flexibility index (Phi) is 3.47. The summed E-state index contributed by atoms with van der Waals surface area (Å²) < 4.78 is 12.7. The number of tetrazole rings is 1. The number of carbonyl (C=O) groups is 1. The molecule has 2 aromatic heterocycles. The van der Waals surface area contributed by atoms with Gasteiger partial charge in [-0.2, -0.15) is 4.52 Å². The van der Waals surface area contributed by atoms with Crippen molar-refractivity contribution in [1.82, 2.24) is 24.9 Å². The van der Waals surface area contributed by atoms with Crippen molar-refractivity contribution in [3.63, 3.8) is 0 Å². The first kappa shape index (κ1) is 13.6. The number of aromatic nitrogens is 4. The fraction of sp³-hybridized carbons (Fsp3) is 0.571. The van der Waals surface area contributed by atoms with Crippen molar-refractivity contribution in [2.24, 2.45) is 0 Å². The number of nitrogens with zero attached hydrogens (tertiary/aromatic N) is 5. The zero-order chi connectivity index (χ0) is 14.9. The van der Waals surface area contributed by atoms with E-state index >= 15 is 0 Å². The molecule has 4 rings (SSSR count). The van der Waals surface area contributed by atoms with Gasteiger partial charge in [-0.15, -0.1) is 5.10 Å². The first-order chi connectivity index (χ1) is 10.8. The molecule has 1 atom stereocenters. The molecule has 2 saturated heterocycles. The number of likely N-dealkylation sites (tertiary alicyclic amines) is 1. The number of carbonyl (C=O) groups excluding carboxylic acids is 1. The van der Waals surface area contributed by atoms with Crippen LogP contribution in [0.15, 0.2) is 18.3 Å². The number of amides is 1. The summed E-state index contributed by atoms with van der Waals surface area (Å²) in [5.74, 6) is -0.0656. The first-order valence-corrected chi connectivity index (χ1v) is 7.55. The molecule has 2 aliphatic rings. The summed E-state index contributed by atoms with van der Waals surface area (Å²) in [4.78, 5) is 14.8. The second kappa shape index (κ2) is 5.62. The number of ether oxygens (including phenoxy) is 2. The molecule has 2 aromatic rings. The minimum atomic E-state index is -0.319. The molecule has 22 heavy (non-hydrogen) atoms. The van der Waals surface area contributed by atoms with E-state index in [1.807, 2.05) is 4.90 Å². The summed E-state index contributed by atoms with van der Waals surface area (Å²) >= 11 is 0. The predicted molar refractivity (Wildman–Crippen MR) is 75.1 cm³/mol. The van der Waals surface area contributed by atoms with E-state index in [9.17, 15) is 4.79 Å². The van der Waals surface area contributed by atoms with Crippen LogP contribution in [0.3, 0.4) is 0 Å². The summed E-state index contributed by atoms with van der Waals surface area (Å²) in [5.41, 5.74) is 0.988. The van der Waals surface area contributed by atoms with Gasteiger partial charge in [0.05, 0.1) is 24.8 Å². The molecule has 0 radical (unpaired) electrons. The van der Waals surface area contributed by atoms with Crippen molar-refractivity contribution in [2.45, 2.75) is 31.6 Å². The molecule has 0 spiro atoms. The lowest BCUT2D eigenvalue weighted by molar-refractivity contribution is -0.100. The zero-order valence-electron chi connectivity index (χ0n) is 12.1. The van der Waals surface area contributed by atoms with E-state index in [0.717, 1.165) is 19.3 Å². The van der Waals surface area contributed by atoms with E-state index < -0.39 is 0 Å². The SMILES string of the molecule is O=C(c1cccn2nnnc12)N1CCCCC1C1OCCO1. The molecule has 8 nitrogen and oxygen atoms in total. The molecule has 0 N–H and O–H groups in total. The molecule has 8 heteroatoms. The van der Waals surface area contributed by atoms with Crippen LogP contribution >= 0.6 is 0 Å². The van der Waals surface area contributed by atoms with Crippen LogP contribution < -0.4 is 0 Å². The van der Waals surface area contributed by atoms with Crippen LogP contribution in [-0.2, 0) is 9.47 Å². The second-order valence-electron chi connectivity index (χ2n) is 5.54. The van der Waals surface area contributed by atoms with Crippen molar-refractivity contribution in [3.8, 4) is 0 Å². The van der Waals surface area contributed by atoms with Gasteiger partial charge in [-0.3, -0.25) is 4.79 Å². The van der Waals surface area contributed by atoms with Crippen molar-refractivity contribution in [1.29, 1.82) is 0 Å². The van der Waals surface area contributed by atoms with Gasteiger partial charge in [-0.05, 0) is 41.8 Å². The fourth-order valence-electron chi connectivity index (χ4n) is 3.18. The molecule has 0 bridgehead atoms. The lowest BCUT2D eigenvalue weighted by atomic mass is 10.0. The summed E-state index contributed by atoms with van der Waals surface area (Å²) in [7, 11) is 0. The molecule has 0 aromatic carbocycles. The van der Waals surface area contributed by atoms with Crippen molar-refractivity contribution in [3.05, 3.63) is 23.9 Å². The maximum atomic E-state index is 13.0. The first-order valence-electron chi connectivity index (χ1n) is 7.55. The molecule has 0 saturated carbocycles. The molecule has 1 amide bonds. The number of rotatable bonds is 2. The lowest BCUT2D eigenvalue weighted by Gasteiger charge is -2.38. The van der Waals surface area contributed by atoms with Gasteiger partial charge in [0.1, 0.15) is 0 Å². The highest BCUT2D eigenvalue weighted by atomic mass is 16.7. The van der Waals surface area contributed by atoms with Gasteiger partial charge in [-0.1, -0.05) is 0 Å². The number of hydrogen-bond acceptors (Lipinski definition) is 6. The molecule has 2 aliphatic heterocycles. The van der Waals surface area contributed by atoms with Crippen LogP contribution in [0.2, 0.25) is 0 Å². The molecular formula is C14H17N5O3. The average Bonchev–Trinajstić information content (AvgIpc) is 3.25. The maximum absolute atomic E-state index is 13.0. The highest BCUT2D eigenvalue weighted by Gasteiger charge is 2.37. The summed E-state index contributed by atoms with van der Waals surface area (Å²) in [6.45, 7) is 1.88. The smallest absolute Gasteiger partial charge is 0.258 e. The van der Waals surface area contributed by atoms with E-state index in [0.29, 0.717) is 31.0 Å². The van der Waals surface area contributed by atoms with E-state index in [1.54, 1.807) is 18.3 Å². The third kappa shape index (κ3) is 2.24. The third-order valence-corrected chi connectivity index (χ3v) is 4.23. The second-order valence-corrected chi connectivity index (χ2v) is 5.54. The van der Waals surface area contributed by atoms with Crippen LogP contribution in [0, 0.1) is 0 Å². The highest BCUT2D eigenvalue weighted by molar-refractivity contribution is 5.99. The summed E-state index contributed by atoms with van der Waals surface area (Å²) in [5, 5.41) is 11.4. The average molecular weight is 303 g/mol. The van der Waals surface area contributed by atoms with Crippen molar-refractivity contribution >= 4 is 11.6 Å². The van der Waals surface area contributed by atoms with E-state index in [2.05, 4.69) is 15.5 Å². The molecule has 1 unspecified atom stereocenters. The Morgan fingerprint density at radius 3 is 3.00 bits per heavy atom. The summed E-state index contributed by atoms with van der Waals surface area (Å²) in [6.07, 6.45) is 4.37. The Hall–Kier alpha value is -2.06. The van der Waals surface area contributed by atoms with Gasteiger partial charge in [0, 0.05) is 12.7 Å². The topological polar surface area (TPSA) is 81.9 Å². The van der Waals surface area contributed by atoms with E-state index in [-0.39, 0.29) is 18.2 Å². The molecular weight excluding hydrogens is 286 g/mol. The molecule has 2 fully saturated rings. The van der Waals surface area contributed by atoms with Crippen LogP contribution in [0.25, 0.3) is 5.65 Å². The molecule has 0 aliphatic carbocycles. The van der Waals surface area contributed by atoms with Gasteiger partial charge in [0.2, 0.25) is 0 Å². The Bertz CT molecular complexity index is 682. The van der Waals surface area contributed by atoms with Crippen LogP contribution in [-0.4, -0.2) is 62.9 Å². The normalized spacial score (nSPS) is 23.3. The minimum Gasteiger partial charge on any atom is -0.348 e. The quantitative estimate of drug-likeness (QED) is 0.803. The van der Waals surface area contributed by atoms with E-state index in [1.165, 1.54) is 4.52 Å². The fourth-order valence-corrected chi connectivity index (χ4v) is 3.18. The van der Waals surface area contributed by atoms with Crippen LogP contribution in [0.4, 0.5) is 0 Å². The Labute approximate surface area is 127 Å². The van der Waals surface area contributed by atoms with Crippen molar-refractivity contribution < 1.29 is 14.3 Å². The van der Waals surface area contributed by atoms with Gasteiger partial charge < -0.3 is 14.4 Å². The predicted octanol–water partition coefficient (Wildman–Crippen LogP) is 0.492. The Balaban J connectivity index is 1.66. The molecule has 4 heterocycles. The molecule has 116 valence electrons. The maximum Gasteiger partial charge on any atom is 0.258 e. The Morgan fingerprint density at radius 2 is 2.14 bits per heavy atom. The van der Waals surface area contributed by atoms with Gasteiger partial charge in [-0.25, -0.2) is 0 Å². The number of pyridine rings is 1. The number of hydrogen-bond donors (Lipinski definition) is 0. The van der Waals surface area contributed by atoms with Crippen LogP contribution in [0.1, 0.15) is 29.6 Å². The third-order valence-electron chi connectivity index (χ3n) is 4.23. The number of fused-ring (bicyclic) bond motifs is 1. The standard InChI is InChI=1S/C14H17N5O3/c20-13(10-4-3-7-19-12(10)15-16-17-19)18-6-2-1-5-11(18)14-21-8-9-22-14/h3-4,7,11,14H,1-2,5-6,8-9H2. The van der Waals surface area contributed by atoms with E-state index in [4.69, 9.17) is 9.47 Å². The monoisotopic (exact) mass is 303 g/mol. The minimum absolute atomic E-state index is 0.0418. The van der Waals surface area contributed by atoms with Crippen molar-refractivity contribution in [2.75, 3.05) is 19.8 Å². The Morgan fingerprint density at radius 1 is 1.27 bits per heavy atom. The largest absolute Gasteiger partial charge is 0.348 e.